The summed E-state index contributed by atoms with van der Waals surface area (Å²) < 4.78 is 26.6. The van der Waals surface area contributed by atoms with E-state index in [2.05, 4.69) is 4.98 Å². The molecule has 0 saturated carbocycles. The van der Waals surface area contributed by atoms with E-state index >= 15 is 0 Å². The maximum Gasteiger partial charge on any atom is 0.339 e. The molecule has 0 atom stereocenters. The van der Waals surface area contributed by atoms with Crippen LogP contribution in [0.4, 0.5) is 8.78 Å². The van der Waals surface area contributed by atoms with E-state index in [0.29, 0.717) is 23.2 Å². The molecular weight excluding hydrogens is 354 g/mol. The number of rotatable bonds is 2. The fourth-order valence-corrected chi connectivity index (χ4v) is 3.32. The average molecular weight is 368 g/mol. The van der Waals surface area contributed by atoms with Crippen LogP contribution in [-0.4, -0.2) is 33.4 Å². The number of aromatic amines is 1. The minimum atomic E-state index is -1.21. The number of nitrogens with zero attached hydrogens (tertiary/aromatic N) is 1. The van der Waals surface area contributed by atoms with Gasteiger partial charge in [0, 0.05) is 29.2 Å². The van der Waals surface area contributed by atoms with Gasteiger partial charge in [0.1, 0.15) is 11.6 Å². The van der Waals surface area contributed by atoms with Crippen LogP contribution < -0.4 is 0 Å². The number of carboxylic acids is 1. The number of H-pyrrole nitrogens is 1. The second-order valence-electron chi connectivity index (χ2n) is 6.27. The van der Waals surface area contributed by atoms with Gasteiger partial charge in [-0.1, -0.05) is 0 Å². The lowest BCUT2D eigenvalue weighted by Gasteiger charge is -2.17. The lowest BCUT2D eigenvalue weighted by molar-refractivity contribution is -0.130. The van der Waals surface area contributed by atoms with Crippen molar-refractivity contribution in [2.45, 2.75) is 6.42 Å². The predicted octanol–water partition coefficient (Wildman–Crippen LogP) is 3.57. The molecule has 0 spiro atoms. The molecule has 5 nitrogen and oxygen atoms in total. The lowest BCUT2D eigenvalue weighted by Crippen LogP contribution is -2.27. The summed E-state index contributed by atoms with van der Waals surface area (Å²) in [6.07, 6.45) is 1.66. The van der Waals surface area contributed by atoms with Crippen molar-refractivity contribution in [1.29, 1.82) is 0 Å². The molecule has 1 amide bonds. The van der Waals surface area contributed by atoms with Crippen LogP contribution in [0.3, 0.4) is 0 Å². The highest BCUT2D eigenvalue weighted by molar-refractivity contribution is 6.17. The molecule has 0 radical (unpaired) electrons. The fraction of sp³-hybridized carbons (Fsp3) is 0.100. The maximum absolute atomic E-state index is 13.5. The third-order valence-electron chi connectivity index (χ3n) is 4.61. The Morgan fingerprint density at radius 1 is 1.04 bits per heavy atom. The smallest absolute Gasteiger partial charge is 0.339 e. The van der Waals surface area contributed by atoms with Gasteiger partial charge in [-0.15, -0.1) is 0 Å². The molecule has 0 bridgehead atoms. The van der Waals surface area contributed by atoms with Gasteiger partial charge < -0.3 is 15.0 Å². The van der Waals surface area contributed by atoms with Gasteiger partial charge in [0.15, 0.2) is 0 Å². The molecule has 3 aromatic rings. The molecule has 1 aliphatic heterocycles. The highest BCUT2D eigenvalue weighted by Gasteiger charge is 2.26. The first-order valence-electron chi connectivity index (χ1n) is 8.26. The Labute approximate surface area is 152 Å². The molecule has 0 fully saturated rings. The summed E-state index contributed by atoms with van der Waals surface area (Å²) in [5.74, 6) is -2.51. The lowest BCUT2D eigenvalue weighted by atomic mass is 10.0. The van der Waals surface area contributed by atoms with Crippen molar-refractivity contribution in [3.8, 4) is 0 Å². The van der Waals surface area contributed by atoms with E-state index in [1.807, 2.05) is 0 Å². The number of nitrogens with one attached hydrogen (secondary N) is 1. The summed E-state index contributed by atoms with van der Waals surface area (Å²) in [6.45, 7) is 0.240. The molecule has 2 N–H and O–H groups in total. The van der Waals surface area contributed by atoms with E-state index in [1.54, 1.807) is 6.07 Å². The molecule has 1 aromatic heterocycles. The Hall–Kier alpha value is -3.48. The average Bonchev–Trinajstić information content (AvgIpc) is 2.87. The van der Waals surface area contributed by atoms with Gasteiger partial charge in [0.2, 0.25) is 0 Å². The Kier molecular flexibility index (Phi) is 3.99. The standard InChI is InChI=1S/C20H14F2N2O3/c21-12-3-1-11(2-4-12)19(25)24-8-7-15-14-6-5-13(22)9-17(14)23-18(15)16(10-24)20(26)27/h1-6,9-10,23H,7-8H2,(H,26,27). The monoisotopic (exact) mass is 368 g/mol. The van der Waals surface area contributed by atoms with Gasteiger partial charge in [-0.25, -0.2) is 13.6 Å². The molecule has 2 heterocycles. The first-order valence-corrected chi connectivity index (χ1v) is 8.26. The fourth-order valence-electron chi connectivity index (χ4n) is 3.32. The minimum Gasteiger partial charge on any atom is -0.478 e. The third kappa shape index (κ3) is 2.97. The van der Waals surface area contributed by atoms with Crippen LogP contribution in [0.15, 0.2) is 48.7 Å². The number of hydrogen-bond acceptors (Lipinski definition) is 2. The second-order valence-corrected chi connectivity index (χ2v) is 6.27. The van der Waals surface area contributed by atoms with Crippen LogP contribution in [0.1, 0.15) is 21.6 Å². The number of carbonyl (C=O) groups is 2. The zero-order valence-electron chi connectivity index (χ0n) is 14.0. The van der Waals surface area contributed by atoms with Crippen molar-refractivity contribution < 1.29 is 23.5 Å². The van der Waals surface area contributed by atoms with Crippen molar-refractivity contribution in [1.82, 2.24) is 9.88 Å². The Bertz CT molecular complexity index is 1100. The Balaban J connectivity index is 1.79. The number of hydrogen-bond donors (Lipinski definition) is 2. The minimum absolute atomic E-state index is 0.0884. The van der Waals surface area contributed by atoms with Crippen LogP contribution in [0.5, 0.6) is 0 Å². The molecular formula is C20H14F2N2O3. The Morgan fingerprint density at radius 3 is 2.44 bits per heavy atom. The molecule has 0 aliphatic carbocycles. The summed E-state index contributed by atoms with van der Waals surface area (Å²) in [4.78, 5) is 28.8. The predicted molar refractivity (Wildman–Crippen MR) is 95.0 cm³/mol. The van der Waals surface area contributed by atoms with Crippen LogP contribution >= 0.6 is 0 Å². The first kappa shape index (κ1) is 17.0. The van der Waals surface area contributed by atoms with Crippen molar-refractivity contribution in [3.63, 3.8) is 0 Å². The van der Waals surface area contributed by atoms with Crippen molar-refractivity contribution in [2.75, 3.05) is 6.54 Å². The van der Waals surface area contributed by atoms with Gasteiger partial charge in [-0.3, -0.25) is 4.79 Å². The highest BCUT2D eigenvalue weighted by atomic mass is 19.1. The zero-order valence-corrected chi connectivity index (χ0v) is 14.0. The number of carbonyl (C=O) groups excluding carboxylic acids is 1. The summed E-state index contributed by atoms with van der Waals surface area (Å²) in [7, 11) is 0. The van der Waals surface area contributed by atoms with E-state index in [1.165, 1.54) is 47.5 Å². The van der Waals surface area contributed by atoms with E-state index < -0.39 is 23.5 Å². The van der Waals surface area contributed by atoms with Crippen molar-refractivity contribution in [3.05, 3.63) is 77.1 Å². The number of aliphatic carboxylic acids is 1. The molecule has 4 rings (SSSR count). The van der Waals surface area contributed by atoms with Gasteiger partial charge in [0.25, 0.3) is 5.91 Å². The van der Waals surface area contributed by atoms with E-state index in [4.69, 9.17) is 0 Å². The number of carboxylic acid groups (broad SMARTS) is 1. The summed E-state index contributed by atoms with van der Waals surface area (Å²) in [5, 5.41) is 10.4. The molecule has 136 valence electrons. The third-order valence-corrected chi connectivity index (χ3v) is 4.61. The van der Waals surface area contributed by atoms with Crippen molar-refractivity contribution >= 4 is 28.4 Å². The molecule has 1 aliphatic rings. The van der Waals surface area contributed by atoms with Gasteiger partial charge >= 0.3 is 5.97 Å². The van der Waals surface area contributed by atoms with Crippen LogP contribution in [-0.2, 0) is 11.2 Å². The SMILES string of the molecule is O=C(O)C1=CN(C(=O)c2ccc(F)cc2)CCc2c1[nH]c1cc(F)ccc21. The maximum atomic E-state index is 13.5. The van der Waals surface area contributed by atoms with E-state index in [0.717, 1.165) is 5.39 Å². The number of halogens is 2. The number of fused-ring (bicyclic) bond motifs is 3. The van der Waals surface area contributed by atoms with Gasteiger partial charge in [-0.2, -0.15) is 0 Å². The molecule has 2 aromatic carbocycles. The normalized spacial score (nSPS) is 13.9. The molecule has 7 heteroatoms. The second kappa shape index (κ2) is 6.35. The van der Waals surface area contributed by atoms with Gasteiger partial charge in [-0.05, 0) is 54.4 Å². The number of aromatic nitrogens is 1. The van der Waals surface area contributed by atoms with Gasteiger partial charge in [0.05, 0.1) is 11.3 Å². The number of benzene rings is 2. The largest absolute Gasteiger partial charge is 0.478 e. The number of amides is 1. The quantitative estimate of drug-likeness (QED) is 0.726. The highest BCUT2D eigenvalue weighted by Crippen LogP contribution is 2.31. The molecule has 0 unspecified atom stereocenters. The summed E-state index contributed by atoms with van der Waals surface area (Å²) in [6, 6.07) is 9.28. The summed E-state index contributed by atoms with van der Waals surface area (Å²) in [5.41, 5.74) is 1.75. The van der Waals surface area contributed by atoms with E-state index in [9.17, 15) is 23.5 Å². The molecule has 0 saturated heterocycles. The van der Waals surface area contributed by atoms with Crippen molar-refractivity contribution in [2.24, 2.45) is 0 Å². The zero-order chi connectivity index (χ0) is 19.1. The molecule has 27 heavy (non-hydrogen) atoms. The van der Waals surface area contributed by atoms with Crippen LogP contribution in [0.2, 0.25) is 0 Å². The topological polar surface area (TPSA) is 73.4 Å². The Morgan fingerprint density at radius 2 is 1.74 bits per heavy atom. The van der Waals surface area contributed by atoms with E-state index in [-0.39, 0.29) is 17.7 Å². The van der Waals surface area contributed by atoms with Crippen LogP contribution in [0.25, 0.3) is 16.5 Å². The first-order chi connectivity index (χ1) is 12.9. The van der Waals surface area contributed by atoms with Crippen LogP contribution in [0, 0.1) is 11.6 Å². The summed E-state index contributed by atoms with van der Waals surface area (Å²) >= 11 is 0.